The average Bonchev–Trinajstić information content (AvgIpc) is 3.48. The SMILES string of the molecule is Nc1nonc1-n1nnc(C(=O)N/N=C\c2cccs2)c1-c1ccc([N+](=O)[O-])cc1. The number of amides is 1. The topological polar surface area (TPSA) is 180 Å². The van der Waals surface area contributed by atoms with E-state index in [9.17, 15) is 14.9 Å². The van der Waals surface area contributed by atoms with Crippen LogP contribution in [-0.2, 0) is 0 Å². The Labute approximate surface area is 170 Å². The van der Waals surface area contributed by atoms with Crippen molar-refractivity contribution in [3.8, 4) is 17.1 Å². The van der Waals surface area contributed by atoms with Gasteiger partial charge in [-0.2, -0.15) is 9.78 Å². The summed E-state index contributed by atoms with van der Waals surface area (Å²) in [5.74, 6) is -0.722. The minimum absolute atomic E-state index is 0.0111. The lowest BCUT2D eigenvalue weighted by Crippen LogP contribution is -2.19. The van der Waals surface area contributed by atoms with E-state index >= 15 is 0 Å². The van der Waals surface area contributed by atoms with Crippen molar-refractivity contribution >= 4 is 35.0 Å². The number of carbonyl (C=O) groups is 1. The maximum atomic E-state index is 12.7. The van der Waals surface area contributed by atoms with Gasteiger partial charge in [-0.05, 0) is 33.9 Å². The van der Waals surface area contributed by atoms with Gasteiger partial charge >= 0.3 is 0 Å². The summed E-state index contributed by atoms with van der Waals surface area (Å²) in [4.78, 5) is 23.9. The Morgan fingerprint density at radius 2 is 2.10 bits per heavy atom. The molecule has 13 nitrogen and oxygen atoms in total. The summed E-state index contributed by atoms with van der Waals surface area (Å²) < 4.78 is 5.75. The van der Waals surface area contributed by atoms with Gasteiger partial charge in [-0.3, -0.25) is 14.9 Å². The van der Waals surface area contributed by atoms with Crippen molar-refractivity contribution in [1.82, 2.24) is 30.7 Å². The number of aromatic nitrogens is 5. The first-order valence-electron chi connectivity index (χ1n) is 8.20. The number of nitro groups is 1. The van der Waals surface area contributed by atoms with Gasteiger partial charge in [-0.25, -0.2) is 10.1 Å². The summed E-state index contributed by atoms with van der Waals surface area (Å²) in [6.45, 7) is 0. The lowest BCUT2D eigenvalue weighted by molar-refractivity contribution is -0.384. The first kappa shape index (κ1) is 18.9. The number of anilines is 1. The molecule has 4 rings (SSSR count). The molecule has 0 saturated heterocycles. The highest BCUT2D eigenvalue weighted by Gasteiger charge is 2.25. The van der Waals surface area contributed by atoms with E-state index in [4.69, 9.17) is 5.73 Å². The number of benzene rings is 1. The van der Waals surface area contributed by atoms with E-state index in [1.807, 2.05) is 17.5 Å². The van der Waals surface area contributed by atoms with Crippen molar-refractivity contribution in [2.45, 2.75) is 0 Å². The minimum Gasteiger partial charge on any atom is -0.378 e. The summed E-state index contributed by atoms with van der Waals surface area (Å²) in [5.41, 5.74) is 8.47. The fourth-order valence-electron chi connectivity index (χ4n) is 2.49. The van der Waals surface area contributed by atoms with Crippen molar-refractivity contribution in [3.05, 3.63) is 62.5 Å². The van der Waals surface area contributed by atoms with Crippen molar-refractivity contribution in [2.75, 3.05) is 5.73 Å². The number of nitrogens with two attached hydrogens (primary N) is 1. The number of hydrogen-bond acceptors (Lipinski definition) is 11. The highest BCUT2D eigenvalue weighted by molar-refractivity contribution is 7.11. The summed E-state index contributed by atoms with van der Waals surface area (Å²) in [6.07, 6.45) is 1.48. The standard InChI is InChI=1S/C16H11N9O4S/c17-14-15(22-29-21-14)24-13(9-3-5-10(6-4-9)25(27)28)12(19-23-24)16(26)20-18-8-11-2-1-7-30-11/h1-8H,(H2,17,21)(H,20,26)/b18-8-. The Kier molecular flexibility index (Phi) is 4.96. The minimum atomic E-state index is -0.655. The van der Waals surface area contributed by atoms with Crippen molar-refractivity contribution < 1.29 is 14.3 Å². The molecule has 150 valence electrons. The predicted octanol–water partition coefficient (Wildman–Crippen LogP) is 1.63. The molecule has 1 amide bonds. The normalized spacial score (nSPS) is 11.1. The number of nitro benzene ring substituents is 1. The molecule has 0 saturated carbocycles. The predicted molar refractivity (Wildman–Crippen MR) is 105 cm³/mol. The largest absolute Gasteiger partial charge is 0.378 e. The van der Waals surface area contributed by atoms with Gasteiger partial charge in [-0.1, -0.05) is 11.3 Å². The van der Waals surface area contributed by atoms with E-state index in [1.54, 1.807) is 0 Å². The molecule has 4 aromatic rings. The molecule has 0 atom stereocenters. The smallest absolute Gasteiger partial charge is 0.294 e. The zero-order valence-corrected chi connectivity index (χ0v) is 15.7. The van der Waals surface area contributed by atoms with Crippen LogP contribution in [0.25, 0.3) is 17.1 Å². The molecule has 0 aliphatic rings. The number of non-ortho nitro benzene ring substituents is 1. The van der Waals surface area contributed by atoms with Gasteiger partial charge in [0.1, 0.15) is 5.69 Å². The highest BCUT2D eigenvalue weighted by Crippen LogP contribution is 2.28. The molecule has 3 heterocycles. The Bertz CT molecular complexity index is 1230. The Balaban J connectivity index is 1.73. The van der Waals surface area contributed by atoms with Gasteiger partial charge in [0.2, 0.25) is 11.6 Å². The van der Waals surface area contributed by atoms with E-state index in [2.05, 4.69) is 35.8 Å². The Morgan fingerprint density at radius 1 is 1.30 bits per heavy atom. The second-order valence-corrected chi connectivity index (χ2v) is 6.67. The Hall–Kier alpha value is -4.46. The van der Waals surface area contributed by atoms with Crippen LogP contribution in [0.3, 0.4) is 0 Å². The van der Waals surface area contributed by atoms with Crippen LogP contribution >= 0.6 is 11.3 Å². The zero-order valence-electron chi connectivity index (χ0n) is 14.9. The molecule has 3 N–H and O–H groups in total. The third-order valence-corrected chi connectivity index (χ3v) is 4.64. The number of hydrogen-bond donors (Lipinski definition) is 2. The number of nitrogens with one attached hydrogen (secondary N) is 1. The molecule has 1 aromatic carbocycles. The van der Waals surface area contributed by atoms with Gasteiger partial charge in [0.05, 0.1) is 11.1 Å². The summed E-state index contributed by atoms with van der Waals surface area (Å²) >= 11 is 1.45. The van der Waals surface area contributed by atoms with Crippen LogP contribution < -0.4 is 11.2 Å². The first-order valence-corrected chi connectivity index (χ1v) is 9.08. The maximum absolute atomic E-state index is 12.7. The van der Waals surface area contributed by atoms with E-state index in [0.717, 1.165) is 9.56 Å². The number of thiophene rings is 1. The molecule has 14 heteroatoms. The number of hydrazone groups is 1. The van der Waals surface area contributed by atoms with Gasteiger partial charge < -0.3 is 5.73 Å². The lowest BCUT2D eigenvalue weighted by Gasteiger charge is -2.05. The van der Waals surface area contributed by atoms with Crippen molar-refractivity contribution in [1.29, 1.82) is 0 Å². The molecular weight excluding hydrogens is 414 g/mol. The third-order valence-electron chi connectivity index (χ3n) is 3.83. The van der Waals surface area contributed by atoms with Crippen molar-refractivity contribution in [3.63, 3.8) is 0 Å². The number of rotatable bonds is 6. The molecule has 3 aromatic heterocycles. The van der Waals surface area contributed by atoms with E-state index in [-0.39, 0.29) is 28.7 Å². The van der Waals surface area contributed by atoms with Crippen LogP contribution in [0.4, 0.5) is 11.5 Å². The second kappa shape index (κ2) is 7.88. The number of nitrogen functional groups attached to an aromatic ring is 1. The maximum Gasteiger partial charge on any atom is 0.294 e. The van der Waals surface area contributed by atoms with Crippen molar-refractivity contribution in [2.24, 2.45) is 5.10 Å². The van der Waals surface area contributed by atoms with Gasteiger partial charge in [-0.15, -0.1) is 16.4 Å². The lowest BCUT2D eigenvalue weighted by atomic mass is 10.1. The van der Waals surface area contributed by atoms with Crippen LogP contribution in [0.2, 0.25) is 0 Å². The molecule has 0 aliphatic heterocycles. The fourth-order valence-corrected chi connectivity index (χ4v) is 3.08. The van der Waals surface area contributed by atoms with Crippen LogP contribution in [-0.4, -0.2) is 42.4 Å². The average molecular weight is 425 g/mol. The van der Waals surface area contributed by atoms with E-state index < -0.39 is 10.8 Å². The van der Waals surface area contributed by atoms with Gasteiger partial charge in [0, 0.05) is 22.6 Å². The molecule has 0 aliphatic carbocycles. The van der Waals surface area contributed by atoms with Crippen LogP contribution in [0.5, 0.6) is 0 Å². The van der Waals surface area contributed by atoms with Crippen LogP contribution in [0.15, 0.2) is 51.5 Å². The summed E-state index contributed by atoms with van der Waals surface area (Å²) in [7, 11) is 0. The summed E-state index contributed by atoms with van der Waals surface area (Å²) in [6, 6.07) is 9.15. The monoisotopic (exact) mass is 425 g/mol. The second-order valence-electron chi connectivity index (χ2n) is 5.69. The highest BCUT2D eigenvalue weighted by atomic mass is 32.1. The van der Waals surface area contributed by atoms with Gasteiger partial charge in [0.15, 0.2) is 5.69 Å². The molecule has 0 spiro atoms. The first-order chi connectivity index (χ1) is 14.5. The fraction of sp³-hybridized carbons (Fsp3) is 0. The third kappa shape index (κ3) is 3.61. The van der Waals surface area contributed by atoms with E-state index in [1.165, 1.54) is 41.8 Å². The van der Waals surface area contributed by atoms with Crippen LogP contribution in [0.1, 0.15) is 15.4 Å². The number of nitrogens with zero attached hydrogens (tertiary/aromatic N) is 7. The number of carbonyl (C=O) groups excluding carboxylic acids is 1. The van der Waals surface area contributed by atoms with E-state index in [0.29, 0.717) is 5.56 Å². The van der Waals surface area contributed by atoms with Gasteiger partial charge in [0.25, 0.3) is 11.6 Å². The Morgan fingerprint density at radius 3 is 2.73 bits per heavy atom. The molecule has 0 fully saturated rings. The quantitative estimate of drug-likeness (QED) is 0.263. The molecule has 30 heavy (non-hydrogen) atoms. The molecule has 0 bridgehead atoms. The molecular formula is C16H11N9O4S. The van der Waals surface area contributed by atoms with Crippen LogP contribution in [0, 0.1) is 10.1 Å². The molecule has 0 unspecified atom stereocenters. The molecule has 0 radical (unpaired) electrons. The zero-order chi connectivity index (χ0) is 21.1. The summed E-state index contributed by atoms with van der Waals surface area (Å²) in [5, 5.41) is 31.7.